The summed E-state index contributed by atoms with van der Waals surface area (Å²) in [5.41, 5.74) is -1.28. The molecule has 9 rings (SSSR count). The number of rotatable bonds is 10. The fourth-order valence-corrected chi connectivity index (χ4v) is 9.60. The number of phenols is 1. The highest BCUT2D eigenvalue weighted by atomic mass is 19.3. The van der Waals surface area contributed by atoms with Gasteiger partial charge in [0.25, 0.3) is 5.92 Å². The number of likely N-dealkylation sites (tertiary alicyclic amines) is 1. The van der Waals surface area contributed by atoms with Crippen molar-refractivity contribution in [1.29, 1.82) is 0 Å². The highest BCUT2D eigenvalue weighted by Crippen LogP contribution is 2.61. The van der Waals surface area contributed by atoms with E-state index in [0.29, 0.717) is 34.0 Å². The summed E-state index contributed by atoms with van der Waals surface area (Å²) in [5.74, 6) is -1.16. The molecule has 3 atom stereocenters. The van der Waals surface area contributed by atoms with Gasteiger partial charge in [-0.05, 0) is 74.8 Å². The van der Waals surface area contributed by atoms with E-state index in [-0.39, 0.29) is 76.5 Å². The zero-order valence-corrected chi connectivity index (χ0v) is 31.3. The number of aromatic nitrogens is 4. The lowest BCUT2D eigenvalue weighted by Gasteiger charge is -2.45. The normalized spacial score (nSPS) is 25.9. The lowest BCUT2D eigenvalue weighted by molar-refractivity contribution is -0.0128. The molecule has 4 heterocycles. The maximum Gasteiger partial charge on any atom is 0.319 e. The Morgan fingerprint density at radius 3 is 2.44 bits per heavy atom. The van der Waals surface area contributed by atoms with Crippen LogP contribution in [0, 0.1) is 35.3 Å². The summed E-state index contributed by atoms with van der Waals surface area (Å²) in [6.45, 7) is 2.28. The fraction of sp³-hybridized carbons (Fsp3) is 0.488. The van der Waals surface area contributed by atoms with Gasteiger partial charge in [-0.25, -0.2) is 17.6 Å². The van der Waals surface area contributed by atoms with Crippen molar-refractivity contribution < 1.29 is 32.1 Å². The van der Waals surface area contributed by atoms with Crippen LogP contribution in [0.1, 0.15) is 37.7 Å². The Hall–Kier alpha value is -4.71. The lowest BCUT2D eigenvalue weighted by Crippen LogP contribution is -2.56. The minimum atomic E-state index is -2.93. The number of halogens is 4. The van der Waals surface area contributed by atoms with Crippen LogP contribution in [-0.2, 0) is 11.8 Å². The molecule has 0 spiro atoms. The molecule has 2 aliphatic carbocycles. The second-order valence-corrected chi connectivity index (χ2v) is 16.4. The van der Waals surface area contributed by atoms with E-state index in [1.54, 1.807) is 44.0 Å². The Balaban J connectivity index is 1.22. The van der Waals surface area contributed by atoms with Crippen molar-refractivity contribution in [3.63, 3.8) is 0 Å². The maximum atomic E-state index is 17.7. The number of benzene rings is 3. The summed E-state index contributed by atoms with van der Waals surface area (Å²) in [4.78, 5) is 16.0. The van der Waals surface area contributed by atoms with Crippen LogP contribution < -0.4 is 9.64 Å². The number of piperazine rings is 1. The number of aromatic hydroxyl groups is 1. The van der Waals surface area contributed by atoms with Gasteiger partial charge in [-0.1, -0.05) is 12.0 Å². The molecule has 55 heavy (non-hydrogen) atoms. The number of fused-ring (bicyclic) bond motifs is 6. The van der Waals surface area contributed by atoms with Gasteiger partial charge in [0.1, 0.15) is 35.0 Å². The first-order chi connectivity index (χ1) is 26.3. The van der Waals surface area contributed by atoms with Crippen LogP contribution in [0.5, 0.6) is 11.8 Å². The van der Waals surface area contributed by atoms with Crippen LogP contribution in [0.25, 0.3) is 43.7 Å². The predicted molar refractivity (Wildman–Crippen MR) is 202 cm³/mol. The van der Waals surface area contributed by atoms with Crippen LogP contribution in [0.2, 0.25) is 0 Å². The van der Waals surface area contributed by atoms with Gasteiger partial charge in [0.2, 0.25) is 0 Å². The van der Waals surface area contributed by atoms with E-state index >= 15 is 8.78 Å². The molecule has 2 unspecified atom stereocenters. The van der Waals surface area contributed by atoms with Crippen molar-refractivity contribution in [1.82, 2.24) is 29.5 Å². The summed E-state index contributed by atoms with van der Waals surface area (Å²) in [6, 6.07) is 5.37. The third-order valence-corrected chi connectivity index (χ3v) is 12.2. The molecule has 2 aliphatic heterocycles. The first kappa shape index (κ1) is 36.0. The van der Waals surface area contributed by atoms with E-state index in [4.69, 9.17) is 26.0 Å². The molecule has 0 radical (unpaired) electrons. The van der Waals surface area contributed by atoms with Gasteiger partial charge < -0.3 is 24.4 Å². The molecular weight excluding hydrogens is 714 g/mol. The number of alkyl halides is 2. The van der Waals surface area contributed by atoms with E-state index in [9.17, 15) is 13.9 Å². The summed E-state index contributed by atoms with van der Waals surface area (Å²) in [6.07, 6.45) is 11.4. The van der Waals surface area contributed by atoms with E-state index in [1.807, 2.05) is 0 Å². The quantitative estimate of drug-likeness (QED) is 0.129. The molecular formula is C41H43F4N7O3. The average Bonchev–Trinajstić information content (AvgIpc) is 3.30. The maximum absolute atomic E-state index is 17.7. The molecule has 10 nitrogen and oxygen atoms in total. The van der Waals surface area contributed by atoms with Gasteiger partial charge >= 0.3 is 6.01 Å². The summed E-state index contributed by atoms with van der Waals surface area (Å²) in [5, 5.41) is 17.2. The van der Waals surface area contributed by atoms with Crippen molar-refractivity contribution in [2.45, 2.75) is 56.2 Å². The smallest absolute Gasteiger partial charge is 0.319 e. The van der Waals surface area contributed by atoms with Gasteiger partial charge in [0, 0.05) is 81.4 Å². The van der Waals surface area contributed by atoms with Gasteiger partial charge in [0.05, 0.1) is 22.5 Å². The number of anilines is 1. The number of ether oxygens (including phenoxy) is 2. The highest BCUT2D eigenvalue weighted by Gasteiger charge is 2.71. The van der Waals surface area contributed by atoms with E-state index in [2.05, 4.69) is 20.7 Å². The predicted octanol–water partition coefficient (Wildman–Crippen LogP) is 6.35. The zero-order valence-electron chi connectivity index (χ0n) is 31.3. The van der Waals surface area contributed by atoms with E-state index < -0.39 is 23.0 Å². The highest BCUT2D eigenvalue weighted by molar-refractivity contribution is 6.18. The van der Waals surface area contributed by atoms with Crippen LogP contribution in [0.15, 0.2) is 30.5 Å². The van der Waals surface area contributed by atoms with Gasteiger partial charge in [0.15, 0.2) is 5.82 Å². The van der Waals surface area contributed by atoms with E-state index in [1.165, 1.54) is 24.3 Å². The standard InChI is InChI=1S/C41H43F4N7O3/c1-6-28-31(42)10-7-23-13-26(53)14-29(32(23)28)33-35(43)37-34(30-18-50(4)48-36(30)33)38(47-39(46-37)55-21-40(20-49(2)3)19-41(40,44)45)52-24-8-9-25(52)17-51(16-24)15-22-11-27(12-22)54-5/h1,7,10,13-14,18,22,24-25,27,53H,8-9,11-12,15-17,19-21H2,2-5H3/t22?,24?,25?,27?,40-/m1/s1. The van der Waals surface area contributed by atoms with Crippen LogP contribution >= 0.6 is 0 Å². The summed E-state index contributed by atoms with van der Waals surface area (Å²) >= 11 is 0. The van der Waals surface area contributed by atoms with Gasteiger partial charge in [-0.15, -0.1) is 6.42 Å². The Morgan fingerprint density at radius 1 is 1.05 bits per heavy atom. The third-order valence-electron chi connectivity index (χ3n) is 12.2. The van der Waals surface area contributed by atoms with Crippen LogP contribution in [0.3, 0.4) is 0 Å². The lowest BCUT2D eigenvalue weighted by atomic mass is 9.81. The zero-order chi connectivity index (χ0) is 38.6. The molecule has 5 aromatic rings. The largest absolute Gasteiger partial charge is 0.508 e. The van der Waals surface area contributed by atoms with Gasteiger partial charge in [-0.2, -0.15) is 15.1 Å². The molecule has 2 saturated heterocycles. The van der Waals surface area contributed by atoms with Crippen LogP contribution in [0.4, 0.5) is 23.4 Å². The Labute approximate surface area is 316 Å². The Kier molecular flexibility index (Phi) is 8.45. The second-order valence-electron chi connectivity index (χ2n) is 16.4. The molecule has 2 bridgehead atoms. The van der Waals surface area contributed by atoms with Gasteiger partial charge in [-0.3, -0.25) is 9.58 Å². The first-order valence-electron chi connectivity index (χ1n) is 18.8. The van der Waals surface area contributed by atoms with Crippen molar-refractivity contribution in [3.8, 4) is 35.2 Å². The summed E-state index contributed by atoms with van der Waals surface area (Å²) in [7, 11) is 6.94. The molecule has 1 N–H and O–H groups in total. The Bertz CT molecular complexity index is 2390. The molecule has 3 aromatic carbocycles. The number of terminal acetylenes is 1. The average molecular weight is 758 g/mol. The Morgan fingerprint density at radius 2 is 1.78 bits per heavy atom. The first-order valence-corrected chi connectivity index (χ1v) is 18.8. The molecule has 2 saturated carbocycles. The summed E-state index contributed by atoms with van der Waals surface area (Å²) < 4.78 is 75.9. The molecule has 4 fully saturated rings. The third kappa shape index (κ3) is 5.85. The second kappa shape index (κ2) is 12.9. The minimum absolute atomic E-state index is 0.0397. The molecule has 4 aliphatic rings. The SMILES string of the molecule is C#Cc1c(F)ccc2cc(O)cc(-c3c(F)c4nc(OC[C@]5(CN(C)C)CC5(F)F)nc(N5C6CCC5CN(CC5CC(OC)C5)C6)c4c4cn(C)nc34)c12. The fourth-order valence-electron chi connectivity index (χ4n) is 9.60. The van der Waals surface area contributed by atoms with Crippen molar-refractivity contribution in [2.75, 3.05) is 58.9 Å². The van der Waals surface area contributed by atoms with Crippen molar-refractivity contribution in [2.24, 2.45) is 18.4 Å². The van der Waals surface area contributed by atoms with Crippen LogP contribution in [-0.4, -0.2) is 113 Å². The number of hydrogen-bond donors (Lipinski definition) is 1. The monoisotopic (exact) mass is 757 g/mol. The number of nitrogens with zero attached hydrogens (tertiary/aromatic N) is 7. The molecule has 2 aromatic heterocycles. The number of aryl methyl sites for hydroxylation is 1. The molecule has 288 valence electrons. The molecule has 14 heteroatoms. The topological polar surface area (TPSA) is 92.0 Å². The number of methoxy groups -OCH3 is 1. The van der Waals surface area contributed by atoms with Crippen molar-refractivity contribution >= 4 is 38.4 Å². The number of hydrogen-bond acceptors (Lipinski definition) is 9. The molecule has 0 amide bonds. The minimum Gasteiger partial charge on any atom is -0.508 e. The number of phenolic OH excluding ortho intramolecular Hbond substituents is 1. The van der Waals surface area contributed by atoms with Crippen molar-refractivity contribution in [3.05, 3.63) is 47.7 Å². The van der Waals surface area contributed by atoms with E-state index in [0.717, 1.165) is 45.3 Å².